The molecule has 2 aromatic carbocycles. The molecule has 2 rings (SSSR count). The van der Waals surface area contributed by atoms with Gasteiger partial charge in [-0.05, 0) is 42.0 Å². The molecular weight excluding hydrogens is 304 g/mol. The first-order valence-corrected chi connectivity index (χ1v) is 6.80. The zero-order valence-electron chi connectivity index (χ0n) is 11.7. The summed E-state index contributed by atoms with van der Waals surface area (Å²) >= 11 is 5.75. The van der Waals surface area contributed by atoms with Gasteiger partial charge in [0.25, 0.3) is 5.91 Å². The highest BCUT2D eigenvalue weighted by molar-refractivity contribution is 6.30. The van der Waals surface area contributed by atoms with Gasteiger partial charge in [0, 0.05) is 17.5 Å². The molecule has 0 heterocycles. The molecule has 6 heteroatoms. The quantitative estimate of drug-likeness (QED) is 0.408. The Balaban J connectivity index is 1.98. The van der Waals surface area contributed by atoms with Crippen LogP contribution in [0.2, 0.25) is 5.02 Å². The zero-order chi connectivity index (χ0) is 15.9. The molecule has 0 bridgehead atoms. The topological polar surface area (TPSA) is 67.8 Å². The van der Waals surface area contributed by atoms with Gasteiger partial charge in [-0.2, -0.15) is 5.10 Å². The van der Waals surface area contributed by atoms with Crippen LogP contribution in [-0.2, 0) is 4.79 Å². The van der Waals surface area contributed by atoms with E-state index in [0.717, 1.165) is 0 Å². The summed E-state index contributed by atoms with van der Waals surface area (Å²) in [6.07, 6.45) is 1.46. The maximum Gasteiger partial charge on any atom is 0.308 e. The third-order valence-corrected chi connectivity index (χ3v) is 2.86. The molecule has 0 atom stereocenters. The predicted octanol–water partition coefficient (Wildman–Crippen LogP) is 3.03. The lowest BCUT2D eigenvalue weighted by Crippen LogP contribution is -2.17. The van der Waals surface area contributed by atoms with E-state index < -0.39 is 5.97 Å². The average Bonchev–Trinajstić information content (AvgIpc) is 2.47. The fourth-order valence-electron chi connectivity index (χ4n) is 1.66. The molecule has 0 saturated carbocycles. The Morgan fingerprint density at radius 3 is 2.59 bits per heavy atom. The number of nitrogens with zero attached hydrogens (tertiary/aromatic N) is 1. The molecule has 0 aliphatic rings. The van der Waals surface area contributed by atoms with E-state index >= 15 is 0 Å². The van der Waals surface area contributed by atoms with Crippen molar-refractivity contribution < 1.29 is 14.3 Å². The normalized spacial score (nSPS) is 10.5. The van der Waals surface area contributed by atoms with Crippen molar-refractivity contribution in [2.45, 2.75) is 6.92 Å². The van der Waals surface area contributed by atoms with Crippen LogP contribution < -0.4 is 10.2 Å². The van der Waals surface area contributed by atoms with Crippen molar-refractivity contribution in [2.24, 2.45) is 5.10 Å². The number of halogens is 1. The van der Waals surface area contributed by atoms with E-state index in [0.29, 0.717) is 21.9 Å². The first-order chi connectivity index (χ1) is 10.5. The van der Waals surface area contributed by atoms with Gasteiger partial charge < -0.3 is 4.74 Å². The number of hydrogen-bond donors (Lipinski definition) is 1. The summed E-state index contributed by atoms with van der Waals surface area (Å²) in [7, 11) is 0. The van der Waals surface area contributed by atoms with Crippen LogP contribution in [0.5, 0.6) is 5.75 Å². The summed E-state index contributed by atoms with van der Waals surface area (Å²) in [5.41, 5.74) is 3.55. The molecule has 0 unspecified atom stereocenters. The fourth-order valence-corrected chi connectivity index (χ4v) is 1.78. The number of nitrogens with one attached hydrogen (secondary N) is 1. The molecular formula is C16H13ClN2O3. The maximum absolute atomic E-state index is 11.8. The standard InChI is InChI=1S/C16H13ClN2O3/c1-11(20)22-15-4-2-3-12(9-15)10-18-19-16(21)13-5-7-14(17)8-6-13/h2-10H,1H3,(H,19,21)/b18-10-. The number of carbonyl (C=O) groups excluding carboxylic acids is 2. The van der Waals surface area contributed by atoms with Gasteiger partial charge in [0.15, 0.2) is 0 Å². The van der Waals surface area contributed by atoms with Crippen molar-refractivity contribution in [3.8, 4) is 5.75 Å². The van der Waals surface area contributed by atoms with Crippen LogP contribution in [-0.4, -0.2) is 18.1 Å². The third kappa shape index (κ3) is 4.71. The first kappa shape index (κ1) is 15.7. The van der Waals surface area contributed by atoms with E-state index in [-0.39, 0.29) is 5.91 Å². The molecule has 0 aromatic heterocycles. The number of benzene rings is 2. The van der Waals surface area contributed by atoms with E-state index in [1.165, 1.54) is 13.1 Å². The van der Waals surface area contributed by atoms with Crippen molar-refractivity contribution in [3.05, 3.63) is 64.7 Å². The molecule has 0 spiro atoms. The lowest BCUT2D eigenvalue weighted by molar-refractivity contribution is -0.131. The molecule has 112 valence electrons. The van der Waals surface area contributed by atoms with Crippen molar-refractivity contribution in [1.29, 1.82) is 0 Å². The zero-order valence-corrected chi connectivity index (χ0v) is 12.5. The summed E-state index contributed by atoms with van der Waals surface area (Å²) in [5, 5.41) is 4.42. The second-order valence-corrected chi connectivity index (χ2v) is 4.81. The van der Waals surface area contributed by atoms with Gasteiger partial charge in [0.2, 0.25) is 0 Å². The first-order valence-electron chi connectivity index (χ1n) is 6.42. The molecule has 0 aliphatic carbocycles. The highest BCUT2D eigenvalue weighted by Crippen LogP contribution is 2.12. The summed E-state index contributed by atoms with van der Waals surface area (Å²) in [4.78, 5) is 22.7. The Hall–Kier alpha value is -2.66. The monoisotopic (exact) mass is 316 g/mol. The Kier molecular flexibility index (Phi) is 5.27. The highest BCUT2D eigenvalue weighted by atomic mass is 35.5. The number of carbonyl (C=O) groups is 2. The second kappa shape index (κ2) is 7.38. The van der Waals surface area contributed by atoms with E-state index in [1.807, 2.05) is 0 Å². The second-order valence-electron chi connectivity index (χ2n) is 4.37. The number of hydrazone groups is 1. The van der Waals surface area contributed by atoms with Crippen molar-refractivity contribution in [1.82, 2.24) is 5.43 Å². The van der Waals surface area contributed by atoms with Crippen LogP contribution in [0.25, 0.3) is 0 Å². The smallest absolute Gasteiger partial charge is 0.308 e. The van der Waals surface area contributed by atoms with Crippen LogP contribution in [0.1, 0.15) is 22.8 Å². The minimum Gasteiger partial charge on any atom is -0.427 e. The molecule has 0 saturated heterocycles. The summed E-state index contributed by atoms with van der Waals surface area (Å²) in [6.45, 7) is 1.33. The van der Waals surface area contributed by atoms with Crippen molar-refractivity contribution in [3.63, 3.8) is 0 Å². The van der Waals surface area contributed by atoms with Crippen molar-refractivity contribution >= 4 is 29.7 Å². The average molecular weight is 317 g/mol. The number of hydrogen-bond acceptors (Lipinski definition) is 4. The molecule has 1 amide bonds. The molecule has 1 N–H and O–H groups in total. The van der Waals surface area contributed by atoms with Crippen molar-refractivity contribution in [2.75, 3.05) is 0 Å². The minimum atomic E-state index is -0.398. The van der Waals surface area contributed by atoms with Gasteiger partial charge in [0.05, 0.1) is 6.21 Å². The lowest BCUT2D eigenvalue weighted by Gasteiger charge is -2.02. The van der Waals surface area contributed by atoms with Crippen LogP contribution in [0.4, 0.5) is 0 Å². The largest absolute Gasteiger partial charge is 0.427 e. The van der Waals surface area contributed by atoms with Gasteiger partial charge in [0.1, 0.15) is 5.75 Å². The van der Waals surface area contributed by atoms with Gasteiger partial charge >= 0.3 is 5.97 Å². The summed E-state index contributed by atoms with van der Waals surface area (Å²) < 4.78 is 4.96. The van der Waals surface area contributed by atoms with Crippen LogP contribution in [0.15, 0.2) is 53.6 Å². The Morgan fingerprint density at radius 1 is 1.18 bits per heavy atom. The summed E-state index contributed by atoms with van der Waals surface area (Å²) in [6, 6.07) is 13.3. The molecule has 0 aliphatic heterocycles. The van der Waals surface area contributed by atoms with Gasteiger partial charge in [-0.25, -0.2) is 5.43 Å². The van der Waals surface area contributed by atoms with Gasteiger partial charge in [-0.15, -0.1) is 0 Å². The van der Waals surface area contributed by atoms with Gasteiger partial charge in [-0.1, -0.05) is 23.7 Å². The molecule has 2 aromatic rings. The van der Waals surface area contributed by atoms with E-state index in [1.54, 1.807) is 48.5 Å². The Bertz CT molecular complexity index is 712. The van der Waals surface area contributed by atoms with Crippen LogP contribution >= 0.6 is 11.6 Å². The lowest BCUT2D eigenvalue weighted by atomic mass is 10.2. The summed E-state index contributed by atoms with van der Waals surface area (Å²) in [5.74, 6) is -0.324. The number of ether oxygens (including phenoxy) is 1. The number of esters is 1. The highest BCUT2D eigenvalue weighted by Gasteiger charge is 2.03. The molecule has 22 heavy (non-hydrogen) atoms. The fraction of sp³-hybridized carbons (Fsp3) is 0.0625. The van der Waals surface area contributed by atoms with E-state index in [4.69, 9.17) is 16.3 Å². The molecule has 0 radical (unpaired) electrons. The van der Waals surface area contributed by atoms with Crippen LogP contribution in [0.3, 0.4) is 0 Å². The SMILES string of the molecule is CC(=O)Oc1cccc(/C=N\NC(=O)c2ccc(Cl)cc2)c1. The molecule has 5 nitrogen and oxygen atoms in total. The van der Waals surface area contributed by atoms with Gasteiger partial charge in [-0.3, -0.25) is 9.59 Å². The number of rotatable bonds is 4. The van der Waals surface area contributed by atoms with E-state index in [9.17, 15) is 9.59 Å². The Morgan fingerprint density at radius 2 is 1.91 bits per heavy atom. The van der Waals surface area contributed by atoms with Crippen LogP contribution in [0, 0.1) is 0 Å². The number of amides is 1. The maximum atomic E-state index is 11.8. The predicted molar refractivity (Wildman–Crippen MR) is 84.3 cm³/mol. The minimum absolute atomic E-state index is 0.343. The Labute approximate surface area is 132 Å². The third-order valence-electron chi connectivity index (χ3n) is 2.61. The molecule has 0 fully saturated rings. The van der Waals surface area contributed by atoms with E-state index in [2.05, 4.69) is 10.5 Å².